The van der Waals surface area contributed by atoms with Gasteiger partial charge < -0.3 is 14.6 Å². The van der Waals surface area contributed by atoms with Crippen molar-refractivity contribution in [3.05, 3.63) is 65.2 Å². The standard InChI is InChI=1S/C21H21FN2O3/c1-4-24(14(3)25)12-15-7-5-8-16(11-15)23-21(26)19-13(2)17-9-6-10-18(22)20(17)27-19/h5-11H,4,12H2,1-3H3,(H,23,26). The van der Waals surface area contributed by atoms with Crippen LogP contribution in [0.3, 0.4) is 0 Å². The molecule has 3 aromatic rings. The van der Waals surface area contributed by atoms with Crippen molar-refractivity contribution in [3.63, 3.8) is 0 Å². The Hall–Kier alpha value is -3.15. The predicted octanol–water partition coefficient (Wildman–Crippen LogP) is 4.50. The number of nitrogens with one attached hydrogen (secondary N) is 1. The minimum atomic E-state index is -0.500. The fourth-order valence-corrected chi connectivity index (χ4v) is 3.03. The van der Waals surface area contributed by atoms with E-state index in [4.69, 9.17) is 4.42 Å². The van der Waals surface area contributed by atoms with Gasteiger partial charge in [-0.1, -0.05) is 24.3 Å². The number of hydrogen-bond acceptors (Lipinski definition) is 3. The first kappa shape index (κ1) is 18.6. The molecule has 6 heteroatoms. The minimum absolute atomic E-state index is 0.00753. The number of hydrogen-bond donors (Lipinski definition) is 1. The van der Waals surface area contributed by atoms with Crippen molar-refractivity contribution < 1.29 is 18.4 Å². The largest absolute Gasteiger partial charge is 0.448 e. The van der Waals surface area contributed by atoms with Gasteiger partial charge in [0.25, 0.3) is 5.91 Å². The van der Waals surface area contributed by atoms with Gasteiger partial charge in [-0.3, -0.25) is 9.59 Å². The number of amides is 2. The molecule has 2 aromatic carbocycles. The van der Waals surface area contributed by atoms with E-state index in [-0.39, 0.29) is 17.3 Å². The van der Waals surface area contributed by atoms with Gasteiger partial charge in [-0.15, -0.1) is 0 Å². The van der Waals surface area contributed by atoms with Crippen molar-refractivity contribution >= 4 is 28.5 Å². The van der Waals surface area contributed by atoms with E-state index in [0.29, 0.717) is 29.7 Å². The first-order chi connectivity index (χ1) is 12.9. The zero-order valence-corrected chi connectivity index (χ0v) is 15.5. The minimum Gasteiger partial charge on any atom is -0.448 e. The summed E-state index contributed by atoms with van der Waals surface area (Å²) in [5.74, 6) is -0.869. The number of aryl methyl sites for hydroxylation is 1. The number of fused-ring (bicyclic) bond motifs is 1. The molecule has 0 saturated carbocycles. The molecule has 3 rings (SSSR count). The van der Waals surface area contributed by atoms with E-state index in [1.54, 1.807) is 30.0 Å². The van der Waals surface area contributed by atoms with Crippen molar-refractivity contribution in [3.8, 4) is 0 Å². The lowest BCUT2D eigenvalue weighted by molar-refractivity contribution is -0.129. The highest BCUT2D eigenvalue weighted by Gasteiger charge is 2.19. The molecule has 0 spiro atoms. The Kier molecular flexibility index (Phi) is 5.26. The van der Waals surface area contributed by atoms with E-state index < -0.39 is 11.7 Å². The van der Waals surface area contributed by atoms with Crippen LogP contribution < -0.4 is 5.32 Å². The van der Waals surface area contributed by atoms with Crippen LogP contribution in [0.15, 0.2) is 46.9 Å². The Morgan fingerprint density at radius 2 is 1.93 bits per heavy atom. The van der Waals surface area contributed by atoms with E-state index in [0.717, 1.165) is 5.56 Å². The number of carbonyl (C=O) groups is 2. The molecule has 140 valence electrons. The van der Waals surface area contributed by atoms with Gasteiger partial charge in [-0.2, -0.15) is 0 Å². The van der Waals surface area contributed by atoms with E-state index in [9.17, 15) is 14.0 Å². The van der Waals surface area contributed by atoms with E-state index in [1.165, 1.54) is 13.0 Å². The number of para-hydroxylation sites is 1. The lowest BCUT2D eigenvalue weighted by Crippen LogP contribution is -2.27. The molecule has 1 aromatic heterocycles. The Balaban J connectivity index is 1.83. The number of furan rings is 1. The second-order valence-corrected chi connectivity index (χ2v) is 6.36. The maximum absolute atomic E-state index is 13.9. The number of nitrogens with zero attached hydrogens (tertiary/aromatic N) is 1. The summed E-state index contributed by atoms with van der Waals surface area (Å²) in [7, 11) is 0. The quantitative estimate of drug-likeness (QED) is 0.721. The zero-order valence-electron chi connectivity index (χ0n) is 15.5. The third kappa shape index (κ3) is 3.84. The first-order valence-corrected chi connectivity index (χ1v) is 8.74. The van der Waals surface area contributed by atoms with Crippen LogP contribution in [-0.4, -0.2) is 23.3 Å². The number of halogens is 1. The number of carbonyl (C=O) groups excluding carboxylic acids is 2. The Morgan fingerprint density at radius 1 is 1.19 bits per heavy atom. The molecule has 0 radical (unpaired) electrons. The molecule has 2 amide bonds. The van der Waals surface area contributed by atoms with Gasteiger partial charge in [0.1, 0.15) is 0 Å². The first-order valence-electron chi connectivity index (χ1n) is 8.74. The van der Waals surface area contributed by atoms with Crippen LogP contribution in [0.5, 0.6) is 0 Å². The molecule has 1 N–H and O–H groups in total. The molecule has 0 fully saturated rings. The highest BCUT2D eigenvalue weighted by molar-refractivity contribution is 6.06. The van der Waals surface area contributed by atoms with Crippen LogP contribution in [0.1, 0.15) is 35.5 Å². The summed E-state index contributed by atoms with van der Waals surface area (Å²) in [6.45, 7) is 6.23. The van der Waals surface area contributed by atoms with Gasteiger partial charge in [0, 0.05) is 36.7 Å². The Morgan fingerprint density at radius 3 is 2.59 bits per heavy atom. The molecule has 1 heterocycles. The van der Waals surface area contributed by atoms with Gasteiger partial charge in [-0.05, 0) is 37.6 Å². The summed E-state index contributed by atoms with van der Waals surface area (Å²) in [5, 5.41) is 3.36. The molecule has 5 nitrogen and oxygen atoms in total. The summed E-state index contributed by atoms with van der Waals surface area (Å²) < 4.78 is 19.4. The lowest BCUT2D eigenvalue weighted by Gasteiger charge is -2.19. The van der Waals surface area contributed by atoms with E-state index >= 15 is 0 Å². The average molecular weight is 368 g/mol. The molecule has 0 aliphatic heterocycles. The monoisotopic (exact) mass is 368 g/mol. The molecule has 0 aliphatic rings. The topological polar surface area (TPSA) is 62.6 Å². The van der Waals surface area contributed by atoms with Gasteiger partial charge in [0.15, 0.2) is 17.2 Å². The van der Waals surface area contributed by atoms with E-state index in [1.807, 2.05) is 25.1 Å². The van der Waals surface area contributed by atoms with Crippen LogP contribution in [0, 0.1) is 12.7 Å². The Labute approximate surface area is 156 Å². The lowest BCUT2D eigenvalue weighted by atomic mass is 10.1. The van der Waals surface area contributed by atoms with Crippen LogP contribution in [0.2, 0.25) is 0 Å². The summed E-state index contributed by atoms with van der Waals surface area (Å²) in [6, 6.07) is 11.9. The maximum atomic E-state index is 13.9. The molecule has 0 atom stereocenters. The molecular formula is C21H21FN2O3. The molecule has 0 bridgehead atoms. The summed E-state index contributed by atoms with van der Waals surface area (Å²) >= 11 is 0. The van der Waals surface area contributed by atoms with Crippen molar-refractivity contribution in [1.82, 2.24) is 4.90 Å². The highest BCUT2D eigenvalue weighted by atomic mass is 19.1. The molecular weight excluding hydrogens is 347 g/mol. The van der Waals surface area contributed by atoms with Gasteiger partial charge in [0.05, 0.1) is 0 Å². The fourth-order valence-electron chi connectivity index (χ4n) is 3.03. The SMILES string of the molecule is CCN(Cc1cccc(NC(=O)c2oc3c(F)cccc3c2C)c1)C(C)=O. The van der Waals surface area contributed by atoms with Crippen LogP contribution in [-0.2, 0) is 11.3 Å². The number of rotatable bonds is 5. The Bertz CT molecular complexity index is 1010. The van der Waals surface area contributed by atoms with Crippen molar-refractivity contribution in [2.24, 2.45) is 0 Å². The van der Waals surface area contributed by atoms with Crippen LogP contribution in [0.4, 0.5) is 10.1 Å². The second kappa shape index (κ2) is 7.61. The highest BCUT2D eigenvalue weighted by Crippen LogP contribution is 2.28. The maximum Gasteiger partial charge on any atom is 0.291 e. The molecule has 27 heavy (non-hydrogen) atoms. The number of anilines is 1. The fraction of sp³-hybridized carbons (Fsp3) is 0.238. The average Bonchev–Trinajstić information content (AvgIpc) is 2.98. The predicted molar refractivity (Wildman–Crippen MR) is 102 cm³/mol. The number of benzene rings is 2. The van der Waals surface area contributed by atoms with E-state index in [2.05, 4.69) is 5.32 Å². The van der Waals surface area contributed by atoms with Crippen molar-refractivity contribution in [1.29, 1.82) is 0 Å². The molecule has 0 saturated heterocycles. The third-order valence-electron chi connectivity index (χ3n) is 4.51. The summed E-state index contributed by atoms with van der Waals surface area (Å²) in [6.07, 6.45) is 0. The zero-order chi connectivity index (χ0) is 19.6. The molecule has 0 unspecified atom stereocenters. The van der Waals surface area contributed by atoms with Crippen LogP contribution in [0.25, 0.3) is 11.0 Å². The summed E-state index contributed by atoms with van der Waals surface area (Å²) in [5.41, 5.74) is 2.15. The van der Waals surface area contributed by atoms with Gasteiger partial charge in [0.2, 0.25) is 5.91 Å². The summed E-state index contributed by atoms with van der Waals surface area (Å²) in [4.78, 5) is 25.9. The smallest absolute Gasteiger partial charge is 0.291 e. The normalized spacial score (nSPS) is 10.8. The second-order valence-electron chi connectivity index (χ2n) is 6.36. The van der Waals surface area contributed by atoms with Crippen molar-refractivity contribution in [2.75, 3.05) is 11.9 Å². The van der Waals surface area contributed by atoms with Gasteiger partial charge >= 0.3 is 0 Å². The van der Waals surface area contributed by atoms with Crippen LogP contribution >= 0.6 is 0 Å². The third-order valence-corrected chi connectivity index (χ3v) is 4.51. The van der Waals surface area contributed by atoms with Crippen molar-refractivity contribution in [2.45, 2.75) is 27.3 Å². The van der Waals surface area contributed by atoms with Gasteiger partial charge in [-0.25, -0.2) is 4.39 Å². The molecule has 0 aliphatic carbocycles.